The number of ether oxygens (including phenoxy) is 1. The molecular weight excluding hydrogens is 180 g/mol. The van der Waals surface area contributed by atoms with E-state index in [4.69, 9.17) is 9.84 Å². The highest BCUT2D eigenvalue weighted by Gasteiger charge is 2.34. The lowest BCUT2D eigenvalue weighted by atomic mass is 9.85. The molecule has 0 saturated heterocycles. The molecule has 1 aliphatic heterocycles. The number of aliphatic hydroxyl groups excluding tert-OH is 1. The molecule has 0 saturated carbocycles. The molecule has 1 aliphatic rings. The van der Waals surface area contributed by atoms with Gasteiger partial charge in [0.05, 0.1) is 12.2 Å². The van der Waals surface area contributed by atoms with Gasteiger partial charge in [-0.25, -0.2) is 0 Å². The van der Waals surface area contributed by atoms with Crippen LogP contribution < -0.4 is 4.74 Å². The first kappa shape index (κ1) is 9.49. The van der Waals surface area contributed by atoms with Gasteiger partial charge in [-0.3, -0.25) is 0 Å². The number of rotatable bonds is 2. The zero-order valence-electron chi connectivity index (χ0n) is 7.94. The normalized spacial score (nSPS) is 25.3. The van der Waals surface area contributed by atoms with Gasteiger partial charge in [0.15, 0.2) is 0 Å². The molecule has 0 amide bonds. The van der Waals surface area contributed by atoms with Crippen LogP contribution in [-0.2, 0) is 5.60 Å². The van der Waals surface area contributed by atoms with E-state index in [0.717, 1.165) is 11.3 Å². The lowest BCUT2D eigenvalue weighted by Gasteiger charge is -2.33. The van der Waals surface area contributed by atoms with Crippen molar-refractivity contribution in [3.63, 3.8) is 0 Å². The summed E-state index contributed by atoms with van der Waals surface area (Å²) in [6.45, 7) is 0.498. The average Bonchev–Trinajstić information content (AvgIpc) is 2.19. The van der Waals surface area contributed by atoms with Gasteiger partial charge in [-0.2, -0.15) is 0 Å². The van der Waals surface area contributed by atoms with Crippen LogP contribution in [0.1, 0.15) is 18.4 Å². The number of hydrogen-bond donors (Lipinski definition) is 2. The van der Waals surface area contributed by atoms with Crippen LogP contribution in [0.5, 0.6) is 5.75 Å². The molecule has 3 nitrogen and oxygen atoms in total. The van der Waals surface area contributed by atoms with Crippen molar-refractivity contribution in [1.29, 1.82) is 0 Å². The third-order valence-corrected chi connectivity index (χ3v) is 2.69. The molecule has 0 aromatic heterocycles. The Labute approximate surface area is 83.0 Å². The highest BCUT2D eigenvalue weighted by atomic mass is 16.5. The first-order valence-corrected chi connectivity index (χ1v) is 4.82. The second-order valence-corrected chi connectivity index (χ2v) is 3.60. The summed E-state index contributed by atoms with van der Waals surface area (Å²) in [6.07, 6.45) is 0.915. The maximum absolute atomic E-state index is 10.3. The third kappa shape index (κ3) is 1.49. The van der Waals surface area contributed by atoms with Crippen molar-refractivity contribution in [2.24, 2.45) is 0 Å². The minimum absolute atomic E-state index is 0.00909. The Morgan fingerprint density at radius 3 is 2.93 bits per heavy atom. The summed E-state index contributed by atoms with van der Waals surface area (Å²) in [4.78, 5) is 0. The highest BCUT2D eigenvalue weighted by molar-refractivity contribution is 5.39. The van der Waals surface area contributed by atoms with Gasteiger partial charge in [0.2, 0.25) is 0 Å². The fraction of sp³-hybridized carbons (Fsp3) is 0.455. The van der Waals surface area contributed by atoms with Crippen LogP contribution in [0.15, 0.2) is 24.3 Å². The van der Waals surface area contributed by atoms with E-state index in [9.17, 15) is 5.11 Å². The number of fused-ring (bicyclic) bond motifs is 1. The first-order valence-electron chi connectivity index (χ1n) is 4.82. The van der Waals surface area contributed by atoms with Crippen molar-refractivity contribution >= 4 is 0 Å². The van der Waals surface area contributed by atoms with Gasteiger partial charge >= 0.3 is 0 Å². The van der Waals surface area contributed by atoms with Gasteiger partial charge in [-0.15, -0.1) is 0 Å². The summed E-state index contributed by atoms with van der Waals surface area (Å²) in [6, 6.07) is 7.44. The number of hydrogen-bond acceptors (Lipinski definition) is 3. The lowest BCUT2D eigenvalue weighted by molar-refractivity contribution is -0.0222. The van der Waals surface area contributed by atoms with E-state index < -0.39 is 5.60 Å². The van der Waals surface area contributed by atoms with Crippen molar-refractivity contribution in [1.82, 2.24) is 0 Å². The SMILES string of the molecule is OCC[C@@]1(O)CCOc2ccccc21. The Morgan fingerprint density at radius 2 is 2.14 bits per heavy atom. The molecule has 3 heteroatoms. The molecule has 0 radical (unpaired) electrons. The van der Waals surface area contributed by atoms with E-state index in [1.54, 1.807) is 0 Å². The molecule has 0 spiro atoms. The van der Waals surface area contributed by atoms with Crippen molar-refractivity contribution in [2.45, 2.75) is 18.4 Å². The highest BCUT2D eigenvalue weighted by Crippen LogP contribution is 2.38. The molecule has 1 aromatic rings. The maximum atomic E-state index is 10.3. The smallest absolute Gasteiger partial charge is 0.125 e. The summed E-state index contributed by atoms with van der Waals surface area (Å²) in [5.74, 6) is 0.731. The van der Waals surface area contributed by atoms with E-state index in [0.29, 0.717) is 19.4 Å². The predicted molar refractivity (Wildman–Crippen MR) is 52.2 cm³/mol. The average molecular weight is 194 g/mol. The van der Waals surface area contributed by atoms with Crippen LogP contribution in [0.3, 0.4) is 0 Å². The second-order valence-electron chi connectivity index (χ2n) is 3.60. The fourth-order valence-electron chi connectivity index (χ4n) is 1.89. The number of para-hydroxylation sites is 1. The summed E-state index contributed by atoms with van der Waals surface area (Å²) < 4.78 is 5.42. The van der Waals surface area contributed by atoms with Gasteiger partial charge in [-0.05, 0) is 6.07 Å². The molecule has 0 aliphatic carbocycles. The number of aliphatic hydroxyl groups is 2. The topological polar surface area (TPSA) is 49.7 Å². The molecule has 76 valence electrons. The zero-order valence-corrected chi connectivity index (χ0v) is 7.94. The van der Waals surface area contributed by atoms with E-state index >= 15 is 0 Å². The summed E-state index contributed by atoms with van der Waals surface area (Å²) >= 11 is 0. The standard InChI is InChI=1S/C11H14O3/c12-7-5-11(13)6-8-14-10-4-2-1-3-9(10)11/h1-4,12-13H,5-8H2/t11-/m1/s1. The molecule has 0 fully saturated rings. The molecule has 1 aromatic carbocycles. The molecule has 2 N–H and O–H groups in total. The molecule has 1 heterocycles. The monoisotopic (exact) mass is 194 g/mol. The Morgan fingerprint density at radius 1 is 1.36 bits per heavy atom. The summed E-state index contributed by atoms with van der Waals surface area (Å²) in [7, 11) is 0. The van der Waals surface area contributed by atoms with E-state index in [1.165, 1.54) is 0 Å². The maximum Gasteiger partial charge on any atom is 0.125 e. The van der Waals surface area contributed by atoms with Gasteiger partial charge in [0.25, 0.3) is 0 Å². The summed E-state index contributed by atoms with van der Waals surface area (Å²) in [5.41, 5.74) is -0.121. The molecule has 0 bridgehead atoms. The largest absolute Gasteiger partial charge is 0.493 e. The predicted octanol–water partition coefficient (Wildman–Crippen LogP) is 1.04. The first-order chi connectivity index (χ1) is 6.76. The molecular formula is C11H14O3. The van der Waals surface area contributed by atoms with Gasteiger partial charge in [-0.1, -0.05) is 18.2 Å². The molecule has 1 atom stereocenters. The van der Waals surface area contributed by atoms with Crippen LogP contribution in [0.4, 0.5) is 0 Å². The van der Waals surface area contributed by atoms with E-state index in [-0.39, 0.29) is 6.61 Å². The molecule has 14 heavy (non-hydrogen) atoms. The van der Waals surface area contributed by atoms with Crippen molar-refractivity contribution < 1.29 is 14.9 Å². The lowest BCUT2D eigenvalue weighted by Crippen LogP contribution is -2.33. The third-order valence-electron chi connectivity index (χ3n) is 2.69. The second kappa shape index (κ2) is 3.59. The Bertz CT molecular complexity index is 324. The fourth-order valence-corrected chi connectivity index (χ4v) is 1.89. The Balaban J connectivity index is 2.39. The zero-order chi connectivity index (χ0) is 10.0. The minimum Gasteiger partial charge on any atom is -0.493 e. The number of benzene rings is 1. The van der Waals surface area contributed by atoms with Crippen LogP contribution in [0.25, 0.3) is 0 Å². The summed E-state index contributed by atoms with van der Waals surface area (Å²) in [5, 5.41) is 19.2. The Hall–Kier alpha value is -1.06. The van der Waals surface area contributed by atoms with Crippen LogP contribution in [0.2, 0.25) is 0 Å². The van der Waals surface area contributed by atoms with E-state index in [2.05, 4.69) is 0 Å². The van der Waals surface area contributed by atoms with Gasteiger partial charge in [0, 0.05) is 25.0 Å². The minimum atomic E-state index is -0.913. The van der Waals surface area contributed by atoms with Crippen LogP contribution in [0, 0.1) is 0 Å². The van der Waals surface area contributed by atoms with Crippen LogP contribution >= 0.6 is 0 Å². The van der Waals surface area contributed by atoms with Gasteiger partial charge in [0.1, 0.15) is 5.75 Å². The molecule has 2 rings (SSSR count). The quantitative estimate of drug-likeness (QED) is 0.739. The van der Waals surface area contributed by atoms with Crippen molar-refractivity contribution in [3.8, 4) is 5.75 Å². The van der Waals surface area contributed by atoms with Crippen molar-refractivity contribution in [2.75, 3.05) is 13.2 Å². The van der Waals surface area contributed by atoms with Crippen molar-refractivity contribution in [3.05, 3.63) is 29.8 Å². The molecule has 0 unspecified atom stereocenters. The van der Waals surface area contributed by atoms with Gasteiger partial charge < -0.3 is 14.9 Å². The van der Waals surface area contributed by atoms with E-state index in [1.807, 2.05) is 24.3 Å². The van der Waals surface area contributed by atoms with Crippen LogP contribution in [-0.4, -0.2) is 23.4 Å². The Kier molecular flexibility index (Phi) is 2.44.